The number of fused-ring (bicyclic) bond motifs is 1. The van der Waals surface area contributed by atoms with E-state index in [4.69, 9.17) is 11.8 Å². The van der Waals surface area contributed by atoms with E-state index in [2.05, 4.69) is 29.1 Å². The zero-order chi connectivity index (χ0) is 15.4. The van der Waals surface area contributed by atoms with Crippen LogP contribution in [0.2, 0.25) is 0 Å². The molecule has 3 rings (SSSR count). The third kappa shape index (κ3) is 2.77. The lowest BCUT2D eigenvalue weighted by Gasteiger charge is -2.02. The molecule has 0 spiro atoms. The third-order valence-electron chi connectivity index (χ3n) is 3.55. The maximum absolute atomic E-state index is 8.80. The van der Waals surface area contributed by atoms with E-state index in [1.807, 2.05) is 52.1 Å². The minimum absolute atomic E-state index is 0.339. The zero-order valence-electron chi connectivity index (χ0n) is 12.0. The molecule has 4 heteroatoms. The summed E-state index contributed by atoms with van der Waals surface area (Å²) in [4.78, 5) is 3.36. The molecular formula is C18H14N4+2. The van der Waals surface area contributed by atoms with Gasteiger partial charge in [0.2, 0.25) is 6.54 Å². The molecule has 0 fully saturated rings. The van der Waals surface area contributed by atoms with E-state index >= 15 is 0 Å². The van der Waals surface area contributed by atoms with Crippen molar-refractivity contribution >= 4 is 10.8 Å². The van der Waals surface area contributed by atoms with Gasteiger partial charge in [-0.25, -0.2) is 11.4 Å². The number of hydrogen-bond acceptors (Lipinski definition) is 1. The Morgan fingerprint density at radius 1 is 0.955 bits per heavy atom. The van der Waals surface area contributed by atoms with Gasteiger partial charge in [-0.1, -0.05) is 12.1 Å². The van der Waals surface area contributed by atoms with E-state index in [1.165, 1.54) is 0 Å². The molecule has 1 aromatic carbocycles. The fourth-order valence-electron chi connectivity index (χ4n) is 2.42. The molecule has 22 heavy (non-hydrogen) atoms. The summed E-state index contributed by atoms with van der Waals surface area (Å²) in [5, 5.41) is 11.1. The summed E-state index contributed by atoms with van der Waals surface area (Å²) in [7, 11) is 0. The summed E-state index contributed by atoms with van der Waals surface area (Å²) in [5.74, 6) is 0. The summed E-state index contributed by atoms with van der Waals surface area (Å²) in [6.45, 7) is 7.57. The van der Waals surface area contributed by atoms with Crippen molar-refractivity contribution in [2.24, 2.45) is 0 Å². The second kappa shape index (κ2) is 6.03. The Kier molecular flexibility index (Phi) is 3.76. The third-order valence-corrected chi connectivity index (χ3v) is 3.55. The van der Waals surface area contributed by atoms with Gasteiger partial charge in [0.15, 0.2) is 24.8 Å². The van der Waals surface area contributed by atoms with Crippen molar-refractivity contribution in [2.45, 2.75) is 13.2 Å². The highest BCUT2D eigenvalue weighted by atomic mass is 15.0. The molecule has 0 saturated carbocycles. The molecule has 0 unspecified atom stereocenters. The average molecular weight is 286 g/mol. The average Bonchev–Trinajstić information content (AvgIpc) is 2.55. The highest BCUT2D eigenvalue weighted by molar-refractivity contribution is 5.85. The van der Waals surface area contributed by atoms with Gasteiger partial charge < -0.3 is 0 Å². The van der Waals surface area contributed by atoms with Crippen molar-refractivity contribution in [3.63, 3.8) is 0 Å². The normalized spacial score (nSPS) is 10.1. The number of nitrogens with zero attached hydrogens (tertiary/aromatic N) is 4. The van der Waals surface area contributed by atoms with Gasteiger partial charge in [-0.2, -0.15) is 9.83 Å². The smallest absolute Gasteiger partial charge is 0.249 e. The molecule has 3 aromatic rings. The van der Waals surface area contributed by atoms with Gasteiger partial charge in [0.05, 0.1) is 0 Å². The molecule has 0 bridgehead atoms. The Hall–Kier alpha value is -3.24. The van der Waals surface area contributed by atoms with Crippen LogP contribution in [0.1, 0.15) is 0 Å². The predicted molar refractivity (Wildman–Crippen MR) is 82.0 cm³/mol. The number of pyridine rings is 2. The largest absolute Gasteiger partial charge is 0.406 e. The molecule has 2 heterocycles. The van der Waals surface area contributed by atoms with Crippen LogP contribution in [0.3, 0.4) is 0 Å². The minimum atomic E-state index is 0.339. The number of rotatable bonds is 3. The van der Waals surface area contributed by atoms with Crippen LogP contribution in [0.4, 0.5) is 0 Å². The minimum Gasteiger partial charge on any atom is -0.249 e. The summed E-state index contributed by atoms with van der Waals surface area (Å²) < 4.78 is 3.72. The Morgan fingerprint density at radius 2 is 1.73 bits per heavy atom. The molecule has 104 valence electrons. The SMILES string of the molecule is [C-]#[N+]C[n+]1ccc(-c2ccc3cc[n+](CC#N)cc3c2)cc1. The van der Waals surface area contributed by atoms with Gasteiger partial charge in [0, 0.05) is 23.6 Å². The lowest BCUT2D eigenvalue weighted by Crippen LogP contribution is -2.31. The monoisotopic (exact) mass is 286 g/mol. The standard InChI is InChI=1S/C18H14N4/c1-20-14-22-9-5-16(6-10-22)17-3-2-15-4-8-21(11-7-19)13-18(15)12-17/h2-6,8-10,12-13H,11,14H2/q+2. The molecule has 0 aliphatic rings. The van der Waals surface area contributed by atoms with Crippen LogP contribution in [0.15, 0.2) is 61.2 Å². The van der Waals surface area contributed by atoms with E-state index in [1.54, 1.807) is 0 Å². The Bertz CT molecular complexity index is 899. The summed E-state index contributed by atoms with van der Waals surface area (Å²) >= 11 is 0. The summed E-state index contributed by atoms with van der Waals surface area (Å²) in [6, 6.07) is 14.5. The van der Waals surface area contributed by atoms with Crippen molar-refractivity contribution in [1.82, 2.24) is 0 Å². The number of benzene rings is 1. The molecule has 0 aliphatic carbocycles. The first-order valence-corrected chi connectivity index (χ1v) is 6.92. The topological polar surface area (TPSA) is 35.9 Å². The van der Waals surface area contributed by atoms with E-state index < -0.39 is 0 Å². The van der Waals surface area contributed by atoms with Crippen LogP contribution in [0, 0.1) is 17.9 Å². The number of aromatic nitrogens is 2. The molecule has 0 aliphatic heterocycles. The van der Waals surface area contributed by atoms with Crippen LogP contribution in [-0.2, 0) is 13.2 Å². The summed E-state index contributed by atoms with van der Waals surface area (Å²) in [5.41, 5.74) is 2.23. The van der Waals surface area contributed by atoms with Crippen LogP contribution in [0.5, 0.6) is 0 Å². The highest BCUT2D eigenvalue weighted by Gasteiger charge is 2.07. The molecular weight excluding hydrogens is 272 g/mol. The highest BCUT2D eigenvalue weighted by Crippen LogP contribution is 2.22. The molecule has 0 N–H and O–H groups in total. The van der Waals surface area contributed by atoms with Crippen LogP contribution < -0.4 is 9.13 Å². The van der Waals surface area contributed by atoms with Crippen molar-refractivity contribution in [2.75, 3.05) is 0 Å². The maximum Gasteiger partial charge on any atom is 0.406 e. The molecule has 0 atom stereocenters. The first-order chi connectivity index (χ1) is 10.8. The van der Waals surface area contributed by atoms with Gasteiger partial charge in [-0.3, -0.25) is 0 Å². The van der Waals surface area contributed by atoms with Crippen molar-refractivity contribution in [1.29, 1.82) is 5.26 Å². The Morgan fingerprint density at radius 3 is 2.45 bits per heavy atom. The van der Waals surface area contributed by atoms with Crippen LogP contribution >= 0.6 is 0 Å². The van der Waals surface area contributed by atoms with Crippen molar-refractivity contribution in [3.05, 3.63) is 72.6 Å². The lowest BCUT2D eigenvalue weighted by atomic mass is 10.0. The second-order valence-electron chi connectivity index (χ2n) is 5.02. The Balaban J connectivity index is 2.00. The molecule has 2 aromatic heterocycles. The van der Waals surface area contributed by atoms with E-state index in [-0.39, 0.29) is 0 Å². The van der Waals surface area contributed by atoms with Crippen LogP contribution in [0.25, 0.3) is 26.7 Å². The first-order valence-electron chi connectivity index (χ1n) is 6.92. The van der Waals surface area contributed by atoms with Crippen LogP contribution in [-0.4, -0.2) is 0 Å². The predicted octanol–water partition coefficient (Wildman–Crippen LogP) is 2.48. The maximum atomic E-state index is 8.80. The van der Waals surface area contributed by atoms with Crippen molar-refractivity contribution in [3.8, 4) is 17.2 Å². The fraction of sp³-hybridized carbons (Fsp3) is 0.111. The number of hydrogen-bond donors (Lipinski definition) is 0. The van der Waals surface area contributed by atoms with Gasteiger partial charge >= 0.3 is 6.67 Å². The van der Waals surface area contributed by atoms with E-state index in [0.717, 1.165) is 21.9 Å². The molecule has 4 nitrogen and oxygen atoms in total. The van der Waals surface area contributed by atoms with E-state index in [9.17, 15) is 0 Å². The first kappa shape index (κ1) is 13.7. The second-order valence-corrected chi connectivity index (χ2v) is 5.02. The molecule has 0 radical (unpaired) electrons. The fourth-order valence-corrected chi connectivity index (χ4v) is 2.42. The van der Waals surface area contributed by atoms with Gasteiger partial charge in [0.1, 0.15) is 6.07 Å². The van der Waals surface area contributed by atoms with Crippen molar-refractivity contribution < 1.29 is 9.13 Å². The van der Waals surface area contributed by atoms with E-state index in [0.29, 0.717) is 13.2 Å². The zero-order valence-corrected chi connectivity index (χ0v) is 12.0. The van der Waals surface area contributed by atoms with Gasteiger partial charge in [-0.05, 0) is 22.6 Å². The van der Waals surface area contributed by atoms with Gasteiger partial charge in [-0.15, -0.1) is 4.57 Å². The molecule has 0 amide bonds. The quantitative estimate of drug-likeness (QED) is 0.538. The molecule has 0 saturated heterocycles. The summed E-state index contributed by atoms with van der Waals surface area (Å²) in [6.07, 6.45) is 7.74. The van der Waals surface area contributed by atoms with Gasteiger partial charge in [0.25, 0.3) is 0 Å². The Labute approximate surface area is 128 Å². The number of nitriles is 1. The lowest BCUT2D eigenvalue weighted by molar-refractivity contribution is -0.687.